The summed E-state index contributed by atoms with van der Waals surface area (Å²) in [7, 11) is 0. The van der Waals surface area contributed by atoms with Gasteiger partial charge < -0.3 is 15.2 Å². The van der Waals surface area contributed by atoms with Gasteiger partial charge in [-0.25, -0.2) is 4.98 Å². The number of pyridine rings is 1. The third-order valence-corrected chi connectivity index (χ3v) is 2.66. The van der Waals surface area contributed by atoms with Crippen molar-refractivity contribution in [3.05, 3.63) is 41.6 Å². The van der Waals surface area contributed by atoms with E-state index in [0.29, 0.717) is 34.7 Å². The minimum atomic E-state index is 0.391. The third-order valence-electron chi connectivity index (χ3n) is 2.36. The van der Waals surface area contributed by atoms with Crippen molar-refractivity contribution in [1.29, 1.82) is 0 Å². The number of aromatic nitrogens is 1. The first-order valence-electron chi connectivity index (χ1n) is 6.01. The lowest BCUT2D eigenvalue weighted by Crippen LogP contribution is -1.99. The molecule has 0 unspecified atom stereocenters. The van der Waals surface area contributed by atoms with Crippen LogP contribution in [0.3, 0.4) is 0 Å². The van der Waals surface area contributed by atoms with Gasteiger partial charge in [-0.1, -0.05) is 18.5 Å². The molecule has 19 heavy (non-hydrogen) atoms. The summed E-state index contributed by atoms with van der Waals surface area (Å²) in [5.74, 6) is 1.48. The van der Waals surface area contributed by atoms with Gasteiger partial charge in [0.2, 0.25) is 0 Å². The summed E-state index contributed by atoms with van der Waals surface area (Å²) in [6.45, 7) is 2.64. The fourth-order valence-corrected chi connectivity index (χ4v) is 1.71. The Morgan fingerprint density at radius 1 is 1.26 bits per heavy atom. The monoisotopic (exact) mass is 278 g/mol. The van der Waals surface area contributed by atoms with E-state index in [0.717, 1.165) is 6.42 Å². The van der Waals surface area contributed by atoms with E-state index in [1.54, 1.807) is 30.5 Å². The first kappa shape index (κ1) is 13.5. The van der Waals surface area contributed by atoms with Gasteiger partial charge in [-0.3, -0.25) is 0 Å². The number of nitrogens with two attached hydrogens (primary N) is 1. The van der Waals surface area contributed by atoms with Crippen LogP contribution in [0.25, 0.3) is 0 Å². The lowest BCUT2D eigenvalue weighted by molar-refractivity contribution is 0.298. The first-order chi connectivity index (χ1) is 9.20. The Morgan fingerprint density at radius 2 is 2.11 bits per heavy atom. The molecule has 0 radical (unpaired) electrons. The van der Waals surface area contributed by atoms with Crippen molar-refractivity contribution >= 4 is 17.3 Å². The van der Waals surface area contributed by atoms with Crippen LogP contribution in [0.1, 0.15) is 13.3 Å². The predicted octanol–water partition coefficient (Wildman–Crippen LogP) is 3.90. The average molecular weight is 279 g/mol. The number of nitrogen functional groups attached to an aromatic ring is 1. The summed E-state index contributed by atoms with van der Waals surface area (Å²) < 4.78 is 11.2. The molecule has 1 heterocycles. The number of halogens is 1. The summed E-state index contributed by atoms with van der Waals surface area (Å²) in [6, 6.07) is 8.66. The quantitative estimate of drug-likeness (QED) is 0.843. The van der Waals surface area contributed by atoms with Crippen LogP contribution < -0.4 is 15.2 Å². The van der Waals surface area contributed by atoms with Crippen molar-refractivity contribution in [1.82, 2.24) is 4.98 Å². The van der Waals surface area contributed by atoms with Gasteiger partial charge in [0, 0.05) is 11.9 Å². The van der Waals surface area contributed by atoms with Crippen LogP contribution in [-0.2, 0) is 0 Å². The summed E-state index contributed by atoms with van der Waals surface area (Å²) in [6.07, 6.45) is 2.55. The summed E-state index contributed by atoms with van der Waals surface area (Å²) in [5, 5.41) is 0.437. The van der Waals surface area contributed by atoms with Crippen molar-refractivity contribution in [2.45, 2.75) is 13.3 Å². The number of anilines is 1. The molecular weight excluding hydrogens is 264 g/mol. The van der Waals surface area contributed by atoms with E-state index in [1.165, 1.54) is 0 Å². The average Bonchev–Trinajstić information content (AvgIpc) is 2.41. The van der Waals surface area contributed by atoms with E-state index in [-0.39, 0.29) is 0 Å². The van der Waals surface area contributed by atoms with Crippen molar-refractivity contribution in [3.63, 3.8) is 0 Å². The van der Waals surface area contributed by atoms with Crippen molar-refractivity contribution < 1.29 is 9.47 Å². The van der Waals surface area contributed by atoms with Gasteiger partial charge in [0.1, 0.15) is 5.75 Å². The van der Waals surface area contributed by atoms with Crippen LogP contribution in [0.5, 0.6) is 17.4 Å². The Kier molecular flexibility index (Phi) is 4.47. The molecule has 2 aromatic rings. The molecule has 100 valence electrons. The number of hydrogen-bond donors (Lipinski definition) is 1. The lowest BCUT2D eigenvalue weighted by Gasteiger charge is -2.11. The minimum Gasteiger partial charge on any atom is -0.488 e. The van der Waals surface area contributed by atoms with Crippen molar-refractivity contribution in [3.8, 4) is 17.4 Å². The number of nitrogens with zero attached hydrogens (tertiary/aromatic N) is 1. The number of benzene rings is 1. The second-order valence-electron chi connectivity index (χ2n) is 3.95. The molecule has 1 aromatic heterocycles. The number of rotatable bonds is 5. The Morgan fingerprint density at radius 3 is 2.84 bits per heavy atom. The molecule has 4 nitrogen and oxygen atoms in total. The fourth-order valence-electron chi connectivity index (χ4n) is 1.48. The van der Waals surface area contributed by atoms with Crippen molar-refractivity contribution in [2.75, 3.05) is 12.3 Å². The standard InChI is InChI=1S/C14H15ClN2O2/c1-2-8-18-13-4-3-7-17-14(13)19-12-6-5-10(16)9-11(12)15/h3-7,9H,2,8,16H2,1H3. The zero-order valence-electron chi connectivity index (χ0n) is 10.6. The molecule has 0 aliphatic heterocycles. The molecule has 2 rings (SSSR count). The molecule has 0 amide bonds. The molecule has 0 saturated heterocycles. The van der Waals surface area contributed by atoms with Crippen LogP contribution in [0.4, 0.5) is 5.69 Å². The molecule has 0 saturated carbocycles. The molecule has 2 N–H and O–H groups in total. The van der Waals surface area contributed by atoms with E-state index >= 15 is 0 Å². The van der Waals surface area contributed by atoms with E-state index in [2.05, 4.69) is 4.98 Å². The fraction of sp³-hybridized carbons (Fsp3) is 0.214. The van der Waals surface area contributed by atoms with Crippen molar-refractivity contribution in [2.24, 2.45) is 0 Å². The normalized spacial score (nSPS) is 10.2. The highest BCUT2D eigenvalue weighted by molar-refractivity contribution is 6.32. The molecule has 1 aromatic carbocycles. The van der Waals surface area contributed by atoms with E-state index in [1.807, 2.05) is 13.0 Å². The topological polar surface area (TPSA) is 57.4 Å². The van der Waals surface area contributed by atoms with Gasteiger partial charge in [-0.2, -0.15) is 0 Å². The van der Waals surface area contributed by atoms with E-state index < -0.39 is 0 Å². The first-order valence-corrected chi connectivity index (χ1v) is 6.39. The van der Waals surface area contributed by atoms with E-state index in [4.69, 9.17) is 26.8 Å². The lowest BCUT2D eigenvalue weighted by atomic mass is 10.3. The molecule has 0 spiro atoms. The number of ether oxygens (including phenoxy) is 2. The Bertz CT molecular complexity index is 561. The predicted molar refractivity (Wildman–Crippen MR) is 76.0 cm³/mol. The summed E-state index contributed by atoms with van der Waals surface area (Å²) in [4.78, 5) is 4.15. The van der Waals surface area contributed by atoms with Gasteiger partial charge in [0.15, 0.2) is 5.75 Å². The molecule has 0 aliphatic rings. The molecule has 5 heteroatoms. The maximum atomic E-state index is 6.06. The minimum absolute atomic E-state index is 0.391. The van der Waals surface area contributed by atoms with Gasteiger partial charge in [-0.15, -0.1) is 0 Å². The largest absolute Gasteiger partial charge is 0.488 e. The zero-order valence-corrected chi connectivity index (χ0v) is 11.4. The maximum Gasteiger partial charge on any atom is 0.262 e. The Hall–Kier alpha value is -1.94. The highest BCUT2D eigenvalue weighted by Gasteiger charge is 2.09. The second kappa shape index (κ2) is 6.29. The molecule has 0 bridgehead atoms. The third kappa shape index (κ3) is 3.51. The highest BCUT2D eigenvalue weighted by Crippen LogP contribution is 2.34. The van der Waals surface area contributed by atoms with Gasteiger partial charge >= 0.3 is 0 Å². The Labute approximate surface area is 117 Å². The van der Waals surface area contributed by atoms with Gasteiger partial charge in [0.25, 0.3) is 5.88 Å². The smallest absolute Gasteiger partial charge is 0.262 e. The highest BCUT2D eigenvalue weighted by atomic mass is 35.5. The Balaban J connectivity index is 2.22. The molecule has 0 fully saturated rings. The zero-order chi connectivity index (χ0) is 13.7. The van der Waals surface area contributed by atoms with Crippen LogP contribution in [-0.4, -0.2) is 11.6 Å². The van der Waals surface area contributed by atoms with E-state index in [9.17, 15) is 0 Å². The molecular formula is C14H15ClN2O2. The molecule has 0 atom stereocenters. The van der Waals surface area contributed by atoms with Gasteiger partial charge in [-0.05, 0) is 36.8 Å². The van der Waals surface area contributed by atoms with Crippen LogP contribution >= 0.6 is 11.6 Å². The number of hydrogen-bond acceptors (Lipinski definition) is 4. The van der Waals surface area contributed by atoms with Crippen LogP contribution in [0.2, 0.25) is 5.02 Å². The maximum absolute atomic E-state index is 6.06. The SMILES string of the molecule is CCCOc1cccnc1Oc1ccc(N)cc1Cl. The van der Waals surface area contributed by atoms with Crippen LogP contribution in [0.15, 0.2) is 36.5 Å². The summed E-state index contributed by atoms with van der Waals surface area (Å²) in [5.41, 5.74) is 6.22. The van der Waals surface area contributed by atoms with Gasteiger partial charge in [0.05, 0.1) is 11.6 Å². The summed E-state index contributed by atoms with van der Waals surface area (Å²) >= 11 is 6.06. The second-order valence-corrected chi connectivity index (χ2v) is 4.35. The van der Waals surface area contributed by atoms with Crippen LogP contribution in [0, 0.1) is 0 Å². The molecule has 0 aliphatic carbocycles.